The first-order chi connectivity index (χ1) is 13.8. The summed E-state index contributed by atoms with van der Waals surface area (Å²) < 4.78 is 7.76. The standard InChI is InChI=1S/C17H14BrN7O4/c1-8-14(18)17(25(27)28)22-23(8)7-13(26)24-16-11(15(19)21-24)5-9-3-4-10(29-2)6-12(9)20-16/h3-6H,7H2,1-2H3,(H2,19,21). The van der Waals surface area contributed by atoms with Crippen LogP contribution < -0.4 is 10.5 Å². The number of hydrogen-bond donors (Lipinski definition) is 1. The quantitative estimate of drug-likeness (QED) is 0.362. The maximum Gasteiger partial charge on any atom is 0.404 e. The van der Waals surface area contributed by atoms with Crippen LogP contribution in [0, 0.1) is 17.0 Å². The first kappa shape index (κ1) is 18.8. The molecule has 1 aromatic carbocycles. The molecule has 0 bridgehead atoms. The zero-order valence-electron chi connectivity index (χ0n) is 15.3. The van der Waals surface area contributed by atoms with Gasteiger partial charge in [-0.1, -0.05) is 0 Å². The summed E-state index contributed by atoms with van der Waals surface area (Å²) in [4.78, 5) is 27.8. The number of benzene rings is 1. The van der Waals surface area contributed by atoms with Gasteiger partial charge < -0.3 is 20.6 Å². The van der Waals surface area contributed by atoms with Crippen molar-refractivity contribution in [3.8, 4) is 5.75 Å². The SMILES string of the molecule is COc1ccc2cc3c(N)nn(C(=O)Cn4nc([N+](=O)[O-])c(Br)c4C)c3nc2c1. The van der Waals surface area contributed by atoms with E-state index in [0.717, 1.165) is 10.1 Å². The Bertz CT molecular complexity index is 1310. The summed E-state index contributed by atoms with van der Waals surface area (Å²) >= 11 is 3.13. The molecule has 0 aliphatic heterocycles. The number of nitrogens with zero attached hydrogens (tertiary/aromatic N) is 6. The van der Waals surface area contributed by atoms with E-state index in [2.05, 4.69) is 31.1 Å². The number of carbonyl (C=O) groups is 1. The van der Waals surface area contributed by atoms with Gasteiger partial charge in [0.05, 0.1) is 28.8 Å². The van der Waals surface area contributed by atoms with Crippen LogP contribution in [0.3, 0.4) is 0 Å². The van der Waals surface area contributed by atoms with E-state index in [4.69, 9.17) is 10.5 Å². The average Bonchev–Trinajstić information content (AvgIpc) is 3.17. The Hall–Kier alpha value is -3.54. The lowest BCUT2D eigenvalue weighted by Crippen LogP contribution is -2.21. The molecule has 11 nitrogen and oxygen atoms in total. The first-order valence-electron chi connectivity index (χ1n) is 8.33. The summed E-state index contributed by atoms with van der Waals surface area (Å²) in [6.07, 6.45) is 0. The normalized spacial score (nSPS) is 11.3. The molecular formula is C17H14BrN7O4. The maximum absolute atomic E-state index is 12.9. The van der Waals surface area contributed by atoms with Crippen LogP contribution in [0.5, 0.6) is 5.75 Å². The largest absolute Gasteiger partial charge is 0.497 e. The van der Waals surface area contributed by atoms with Crippen molar-refractivity contribution in [2.75, 3.05) is 12.8 Å². The summed E-state index contributed by atoms with van der Waals surface area (Å²) in [5, 5.41) is 20.4. The fraction of sp³-hybridized carbons (Fsp3) is 0.176. The molecule has 0 amide bonds. The van der Waals surface area contributed by atoms with Crippen LogP contribution in [-0.4, -0.2) is 42.5 Å². The highest BCUT2D eigenvalue weighted by molar-refractivity contribution is 9.10. The second-order valence-electron chi connectivity index (χ2n) is 6.25. The Morgan fingerprint density at radius 1 is 1.34 bits per heavy atom. The number of nitrogens with two attached hydrogens (primary N) is 1. The minimum atomic E-state index is -0.625. The number of halogens is 1. The maximum atomic E-state index is 12.9. The molecule has 0 saturated heterocycles. The summed E-state index contributed by atoms with van der Waals surface area (Å²) in [6.45, 7) is 1.34. The molecule has 0 radical (unpaired) electrons. The summed E-state index contributed by atoms with van der Waals surface area (Å²) in [5.74, 6) is -0.0762. The van der Waals surface area contributed by atoms with Crippen molar-refractivity contribution in [2.24, 2.45) is 0 Å². The number of ether oxygens (including phenoxy) is 1. The van der Waals surface area contributed by atoms with E-state index in [1.54, 1.807) is 32.2 Å². The van der Waals surface area contributed by atoms with Gasteiger partial charge in [0.15, 0.2) is 11.5 Å². The van der Waals surface area contributed by atoms with Crippen LogP contribution in [0.15, 0.2) is 28.7 Å². The molecule has 0 unspecified atom stereocenters. The number of aromatic nitrogens is 5. The Labute approximate surface area is 171 Å². The highest BCUT2D eigenvalue weighted by atomic mass is 79.9. The van der Waals surface area contributed by atoms with E-state index in [1.165, 1.54) is 4.68 Å². The van der Waals surface area contributed by atoms with Gasteiger partial charge in [0, 0.05) is 11.5 Å². The summed E-state index contributed by atoms with van der Waals surface area (Å²) in [6, 6.07) is 7.17. The predicted molar refractivity (Wildman–Crippen MR) is 108 cm³/mol. The van der Waals surface area contributed by atoms with Crippen molar-refractivity contribution in [3.05, 3.63) is 44.5 Å². The number of hydrogen-bond acceptors (Lipinski definition) is 8. The number of rotatable bonds is 4. The lowest BCUT2D eigenvalue weighted by Gasteiger charge is -2.04. The molecule has 0 spiro atoms. The molecule has 148 valence electrons. The van der Waals surface area contributed by atoms with E-state index in [-0.39, 0.29) is 28.3 Å². The van der Waals surface area contributed by atoms with Crippen molar-refractivity contribution in [2.45, 2.75) is 13.5 Å². The molecule has 0 aliphatic carbocycles. The molecule has 0 aliphatic rings. The van der Waals surface area contributed by atoms with Gasteiger partial charge in [-0.3, -0.25) is 4.79 Å². The van der Waals surface area contributed by atoms with Gasteiger partial charge in [-0.2, -0.15) is 9.36 Å². The topological polar surface area (TPSA) is 144 Å². The Morgan fingerprint density at radius 3 is 2.76 bits per heavy atom. The van der Waals surface area contributed by atoms with Gasteiger partial charge >= 0.3 is 5.82 Å². The molecule has 2 N–H and O–H groups in total. The van der Waals surface area contributed by atoms with Crippen LogP contribution in [-0.2, 0) is 6.54 Å². The van der Waals surface area contributed by atoms with Gasteiger partial charge in [0.1, 0.15) is 16.8 Å². The number of anilines is 1. The van der Waals surface area contributed by atoms with Gasteiger partial charge in [-0.15, -0.1) is 5.10 Å². The minimum Gasteiger partial charge on any atom is -0.497 e. The highest BCUT2D eigenvalue weighted by Crippen LogP contribution is 2.28. The molecule has 12 heteroatoms. The fourth-order valence-electron chi connectivity index (χ4n) is 2.97. The molecule has 29 heavy (non-hydrogen) atoms. The van der Waals surface area contributed by atoms with Gasteiger partial charge in [-0.05, 0) is 46.0 Å². The Kier molecular flexibility index (Phi) is 4.42. The molecule has 3 aromatic heterocycles. The number of nitrogen functional groups attached to an aromatic ring is 1. The van der Waals surface area contributed by atoms with Crippen molar-refractivity contribution >= 4 is 55.4 Å². The smallest absolute Gasteiger partial charge is 0.404 e. The van der Waals surface area contributed by atoms with E-state index in [1.807, 2.05) is 6.07 Å². The molecule has 3 heterocycles. The Morgan fingerprint density at radius 2 is 2.10 bits per heavy atom. The molecule has 0 fully saturated rings. The van der Waals surface area contributed by atoms with E-state index in [0.29, 0.717) is 22.3 Å². The van der Waals surface area contributed by atoms with Crippen LogP contribution in [0.4, 0.5) is 11.6 Å². The predicted octanol–water partition coefficient (Wildman–Crippen LogP) is 2.69. The van der Waals surface area contributed by atoms with Gasteiger partial charge in [-0.25, -0.2) is 4.98 Å². The van der Waals surface area contributed by atoms with E-state index in [9.17, 15) is 14.9 Å². The molecule has 0 saturated carbocycles. The first-order valence-corrected chi connectivity index (χ1v) is 9.13. The number of nitro groups is 1. The highest BCUT2D eigenvalue weighted by Gasteiger charge is 2.26. The third-order valence-electron chi connectivity index (χ3n) is 4.50. The zero-order chi connectivity index (χ0) is 20.9. The van der Waals surface area contributed by atoms with Gasteiger partial charge in [0.25, 0.3) is 5.91 Å². The van der Waals surface area contributed by atoms with Crippen LogP contribution in [0.25, 0.3) is 21.9 Å². The van der Waals surface area contributed by atoms with Gasteiger partial charge in [0.2, 0.25) is 0 Å². The van der Waals surface area contributed by atoms with Crippen molar-refractivity contribution in [3.63, 3.8) is 0 Å². The number of fused-ring (bicyclic) bond motifs is 2. The second-order valence-corrected chi connectivity index (χ2v) is 7.04. The van der Waals surface area contributed by atoms with Crippen molar-refractivity contribution in [1.29, 1.82) is 0 Å². The molecule has 4 aromatic rings. The molecule has 4 rings (SSSR count). The molecular weight excluding hydrogens is 446 g/mol. The number of carbonyl (C=O) groups excluding carboxylic acids is 1. The molecule has 0 atom stereocenters. The lowest BCUT2D eigenvalue weighted by atomic mass is 10.2. The van der Waals surface area contributed by atoms with Crippen LogP contribution in [0.1, 0.15) is 10.5 Å². The van der Waals surface area contributed by atoms with E-state index < -0.39 is 10.8 Å². The Balaban J connectivity index is 1.79. The van der Waals surface area contributed by atoms with Crippen molar-refractivity contribution in [1.82, 2.24) is 24.5 Å². The number of pyridine rings is 1. The van der Waals surface area contributed by atoms with E-state index >= 15 is 0 Å². The number of methoxy groups -OCH3 is 1. The minimum absolute atomic E-state index is 0.155. The van der Waals surface area contributed by atoms with Crippen molar-refractivity contribution < 1.29 is 14.5 Å². The summed E-state index contributed by atoms with van der Waals surface area (Å²) in [5.41, 5.74) is 7.32. The van der Waals surface area contributed by atoms with Crippen LogP contribution >= 0.6 is 15.9 Å². The third kappa shape index (κ3) is 3.06. The monoisotopic (exact) mass is 459 g/mol. The lowest BCUT2D eigenvalue weighted by molar-refractivity contribution is -0.390. The van der Waals surface area contributed by atoms with Crippen LogP contribution in [0.2, 0.25) is 0 Å². The summed E-state index contributed by atoms with van der Waals surface area (Å²) in [7, 11) is 1.55. The fourth-order valence-corrected chi connectivity index (χ4v) is 3.40. The zero-order valence-corrected chi connectivity index (χ0v) is 16.9. The average molecular weight is 460 g/mol. The second kappa shape index (κ2) is 6.81. The third-order valence-corrected chi connectivity index (χ3v) is 5.43.